The molecule has 1 spiro atoms. The van der Waals surface area contributed by atoms with Crippen LogP contribution in [0.15, 0.2) is 57.6 Å². The Kier molecular flexibility index (Phi) is 7.09. The molecule has 4 bridgehead atoms. The van der Waals surface area contributed by atoms with Crippen molar-refractivity contribution in [2.45, 2.75) is 77.9 Å². The van der Waals surface area contributed by atoms with E-state index in [1.54, 1.807) is 13.8 Å². The summed E-state index contributed by atoms with van der Waals surface area (Å²) in [4.78, 5) is 36.8. The summed E-state index contributed by atoms with van der Waals surface area (Å²) in [6.07, 6.45) is -0.263. The molecule has 11 nitrogen and oxygen atoms in total. The molecule has 7 rings (SSSR count). The largest absolute Gasteiger partial charge is 0.469 e. The maximum atomic E-state index is 14.1. The van der Waals surface area contributed by atoms with Gasteiger partial charge in [-0.05, 0) is 41.0 Å². The normalized spacial score (nSPS) is 23.8. The summed E-state index contributed by atoms with van der Waals surface area (Å²) in [7, 11) is 0. The maximum Gasteiger partial charge on any atom is 0.249 e. The van der Waals surface area contributed by atoms with Crippen LogP contribution in [0.25, 0.3) is 11.6 Å². The number of benzene rings is 2. The Hall–Kier alpha value is -4.48. The van der Waals surface area contributed by atoms with Crippen LogP contribution in [0.1, 0.15) is 81.1 Å². The highest BCUT2D eigenvalue weighted by atomic mass is 16.5. The van der Waals surface area contributed by atoms with Crippen molar-refractivity contribution < 1.29 is 33.4 Å². The molecule has 5 heterocycles. The van der Waals surface area contributed by atoms with Crippen molar-refractivity contribution in [3.05, 3.63) is 82.8 Å². The number of ketones is 1. The number of fused-ring (bicyclic) bond motifs is 4. The lowest BCUT2D eigenvalue weighted by molar-refractivity contribution is -0.135. The number of oxazole rings is 2. The van der Waals surface area contributed by atoms with Crippen LogP contribution in [0.2, 0.25) is 0 Å². The summed E-state index contributed by atoms with van der Waals surface area (Å²) < 4.78 is 19.3. The average molecular weight is 627 g/mol. The van der Waals surface area contributed by atoms with Crippen LogP contribution in [0.5, 0.6) is 5.75 Å². The number of carbonyl (C=O) groups is 2. The Bertz CT molecular complexity index is 1840. The van der Waals surface area contributed by atoms with Gasteiger partial charge in [0.05, 0.1) is 6.61 Å². The first-order chi connectivity index (χ1) is 21.9. The second kappa shape index (κ2) is 10.8. The SMILES string of the molecule is CC(C)[C@H](O)C(=O)C[C@H]1Cc2ccc3c(c2)[C@@]2(c4ccccc4N[C@@H]2O3)c2oc(nc2-c2nc(CO)co2)[C@H](C(C)(C)C)NC1=O. The Balaban J connectivity index is 1.49. The molecule has 0 radical (unpaired) electrons. The third-order valence-electron chi connectivity index (χ3n) is 9.33. The van der Waals surface area contributed by atoms with Gasteiger partial charge in [0.25, 0.3) is 0 Å². The number of hydrogen-bond donors (Lipinski definition) is 4. The molecule has 46 heavy (non-hydrogen) atoms. The van der Waals surface area contributed by atoms with Crippen molar-refractivity contribution in [1.82, 2.24) is 15.3 Å². The molecule has 0 aliphatic carbocycles. The van der Waals surface area contributed by atoms with Crippen molar-refractivity contribution in [2.75, 3.05) is 5.32 Å². The molecule has 0 fully saturated rings. The van der Waals surface area contributed by atoms with E-state index in [4.69, 9.17) is 18.6 Å². The number of ether oxygens (including phenoxy) is 1. The molecule has 4 aromatic rings. The fourth-order valence-electron chi connectivity index (χ4n) is 6.90. The minimum Gasteiger partial charge on any atom is -0.469 e. The van der Waals surface area contributed by atoms with Crippen LogP contribution in [0.4, 0.5) is 5.69 Å². The summed E-state index contributed by atoms with van der Waals surface area (Å²) in [5, 5.41) is 27.1. The topological polar surface area (TPSA) is 160 Å². The highest BCUT2D eigenvalue weighted by Crippen LogP contribution is 2.59. The van der Waals surface area contributed by atoms with E-state index in [1.807, 2.05) is 63.2 Å². The van der Waals surface area contributed by atoms with Crippen LogP contribution >= 0.6 is 0 Å². The van der Waals surface area contributed by atoms with Crippen LogP contribution < -0.4 is 15.4 Å². The van der Waals surface area contributed by atoms with Gasteiger partial charge in [-0.3, -0.25) is 9.59 Å². The van der Waals surface area contributed by atoms with Crippen molar-refractivity contribution in [1.29, 1.82) is 0 Å². The lowest BCUT2D eigenvalue weighted by atomic mass is 9.72. The lowest BCUT2D eigenvalue weighted by Crippen LogP contribution is -2.42. The predicted molar refractivity (Wildman–Crippen MR) is 167 cm³/mol. The van der Waals surface area contributed by atoms with Gasteiger partial charge in [-0.25, -0.2) is 9.97 Å². The molecule has 4 N–H and O–H groups in total. The molecule has 11 heteroatoms. The van der Waals surface area contributed by atoms with E-state index in [-0.39, 0.29) is 48.8 Å². The van der Waals surface area contributed by atoms with Crippen molar-refractivity contribution in [2.24, 2.45) is 17.3 Å². The molecular formula is C35H38N4O7. The first-order valence-corrected chi connectivity index (χ1v) is 15.7. The highest BCUT2D eigenvalue weighted by molar-refractivity contribution is 5.89. The number of carbonyl (C=O) groups excluding carboxylic acids is 2. The lowest BCUT2D eigenvalue weighted by Gasteiger charge is -2.32. The molecule has 1 amide bonds. The van der Waals surface area contributed by atoms with Crippen molar-refractivity contribution in [3.63, 3.8) is 0 Å². The zero-order valence-electron chi connectivity index (χ0n) is 26.5. The van der Waals surface area contributed by atoms with E-state index in [0.29, 0.717) is 22.9 Å². The second-order valence-corrected chi connectivity index (χ2v) is 13.9. The number of para-hydroxylation sites is 1. The third kappa shape index (κ3) is 4.63. The molecule has 0 saturated carbocycles. The molecule has 5 atom stereocenters. The van der Waals surface area contributed by atoms with Gasteiger partial charge in [0.1, 0.15) is 35.3 Å². The van der Waals surface area contributed by atoms with Crippen molar-refractivity contribution in [3.8, 4) is 17.3 Å². The van der Waals surface area contributed by atoms with Gasteiger partial charge in [0.15, 0.2) is 23.5 Å². The summed E-state index contributed by atoms with van der Waals surface area (Å²) in [6, 6.07) is 13.0. The minimum atomic E-state index is -1.17. The monoisotopic (exact) mass is 626 g/mol. The first-order valence-electron chi connectivity index (χ1n) is 15.7. The van der Waals surface area contributed by atoms with Gasteiger partial charge in [-0.1, -0.05) is 65.0 Å². The smallest absolute Gasteiger partial charge is 0.249 e. The molecular weight excluding hydrogens is 588 g/mol. The van der Waals surface area contributed by atoms with Gasteiger partial charge < -0.3 is 34.4 Å². The number of hydrogen-bond acceptors (Lipinski definition) is 10. The van der Waals surface area contributed by atoms with Gasteiger partial charge in [-0.15, -0.1) is 0 Å². The van der Waals surface area contributed by atoms with Crippen molar-refractivity contribution >= 4 is 17.4 Å². The Morgan fingerprint density at radius 3 is 2.61 bits per heavy atom. The average Bonchev–Trinajstić information content (AvgIpc) is 3.78. The zero-order valence-corrected chi connectivity index (χ0v) is 26.5. The first kappa shape index (κ1) is 30.2. The standard InChI is InChI=1S/C35H38N4O7/c1-17(2)27(42)24(41)14-19-12-18-10-11-25-22(13-18)35(21-8-6-7-9-23(21)37-33(35)45-25)29-26(31-36-20(15-40)16-44-31)38-32(46-29)28(34(3,4)5)39-30(19)43/h6-11,13,16-17,19,27-28,33,37,40,42H,12,14-15H2,1-5H3,(H,39,43)/t19-,27+,28-,33-,35+/m1/s1. The number of aromatic nitrogens is 2. The molecule has 2 aromatic carbocycles. The van der Waals surface area contributed by atoms with E-state index < -0.39 is 35.1 Å². The van der Waals surface area contributed by atoms with Crippen LogP contribution in [-0.4, -0.2) is 44.2 Å². The van der Waals surface area contributed by atoms with E-state index in [9.17, 15) is 19.8 Å². The predicted octanol–water partition coefficient (Wildman–Crippen LogP) is 4.65. The number of anilines is 1. The number of amides is 1. The fraction of sp³-hybridized carbons (Fsp3) is 0.429. The summed E-state index contributed by atoms with van der Waals surface area (Å²) in [6.45, 7) is 9.15. The number of aliphatic hydroxyl groups excluding tert-OH is 2. The highest BCUT2D eigenvalue weighted by Gasteiger charge is 2.61. The number of aliphatic hydroxyl groups is 2. The van der Waals surface area contributed by atoms with Crippen LogP contribution in [0.3, 0.4) is 0 Å². The number of rotatable bonds is 6. The van der Waals surface area contributed by atoms with Gasteiger partial charge in [0, 0.05) is 23.6 Å². The molecule has 3 aliphatic heterocycles. The fourth-order valence-corrected chi connectivity index (χ4v) is 6.90. The van der Waals surface area contributed by atoms with Gasteiger partial charge in [-0.2, -0.15) is 0 Å². The second-order valence-electron chi connectivity index (χ2n) is 13.9. The van der Waals surface area contributed by atoms with E-state index in [1.165, 1.54) is 6.26 Å². The van der Waals surface area contributed by atoms with E-state index in [2.05, 4.69) is 15.6 Å². The summed E-state index contributed by atoms with van der Waals surface area (Å²) >= 11 is 0. The molecule has 0 saturated heterocycles. The Morgan fingerprint density at radius 2 is 1.89 bits per heavy atom. The molecule has 2 aromatic heterocycles. The van der Waals surface area contributed by atoms with Gasteiger partial charge in [0.2, 0.25) is 17.7 Å². The maximum absolute atomic E-state index is 14.1. The Morgan fingerprint density at radius 1 is 1.11 bits per heavy atom. The summed E-state index contributed by atoms with van der Waals surface area (Å²) in [5.41, 5.74) is 2.48. The quantitative estimate of drug-likeness (QED) is 0.237. The van der Waals surface area contributed by atoms with Gasteiger partial charge >= 0.3 is 0 Å². The molecule has 240 valence electrons. The Labute approximate surface area is 266 Å². The minimum absolute atomic E-state index is 0.129. The summed E-state index contributed by atoms with van der Waals surface area (Å²) in [5.74, 6) is -0.294. The third-order valence-corrected chi connectivity index (χ3v) is 9.33. The molecule has 3 aliphatic rings. The van der Waals surface area contributed by atoms with E-state index >= 15 is 0 Å². The number of Topliss-reactive ketones (excluding diaryl/α,β-unsaturated/α-hetero) is 1. The number of nitrogens with one attached hydrogen (secondary N) is 2. The number of nitrogens with zero attached hydrogens (tertiary/aromatic N) is 2. The van der Waals surface area contributed by atoms with E-state index in [0.717, 1.165) is 22.4 Å². The zero-order chi connectivity index (χ0) is 32.5. The van der Waals surface area contributed by atoms with Crippen LogP contribution in [-0.2, 0) is 28.0 Å². The molecule has 0 unspecified atom stereocenters. The van der Waals surface area contributed by atoms with Crippen LogP contribution in [0, 0.1) is 17.3 Å².